The molecule has 17 heavy (non-hydrogen) atoms. The number of rotatable bonds is 7. The minimum atomic E-state index is -3.21. The van der Waals surface area contributed by atoms with E-state index in [9.17, 15) is 8.42 Å². The van der Waals surface area contributed by atoms with Crippen molar-refractivity contribution >= 4 is 10.0 Å². The Hall–Kier alpha value is -0.170. The summed E-state index contributed by atoms with van der Waals surface area (Å²) in [5, 5.41) is 0. The van der Waals surface area contributed by atoms with E-state index in [0.717, 1.165) is 25.7 Å². The van der Waals surface area contributed by atoms with E-state index in [2.05, 4.69) is 4.72 Å². The lowest BCUT2D eigenvalue weighted by Gasteiger charge is -2.22. The minimum absolute atomic E-state index is 0.169. The van der Waals surface area contributed by atoms with Gasteiger partial charge in [0.15, 0.2) is 6.29 Å². The van der Waals surface area contributed by atoms with Gasteiger partial charge in [0.05, 0.1) is 12.3 Å². The summed E-state index contributed by atoms with van der Waals surface area (Å²) in [4.78, 5) is 0. The summed E-state index contributed by atoms with van der Waals surface area (Å²) in [7, 11) is -0.227. The van der Waals surface area contributed by atoms with Crippen LogP contribution >= 0.6 is 0 Å². The van der Waals surface area contributed by atoms with Crippen molar-refractivity contribution in [2.45, 2.75) is 38.4 Å². The summed E-state index contributed by atoms with van der Waals surface area (Å²) >= 11 is 0. The van der Waals surface area contributed by atoms with Gasteiger partial charge in [0, 0.05) is 14.2 Å². The highest BCUT2D eigenvalue weighted by Gasteiger charge is 2.21. The van der Waals surface area contributed by atoms with Gasteiger partial charge in [0.1, 0.15) is 0 Å². The third-order valence-corrected chi connectivity index (χ3v) is 4.69. The average Bonchev–Trinajstić information content (AvgIpc) is 2.31. The Kier molecular flexibility index (Phi) is 6.40. The molecular weight excluding hydrogens is 242 g/mol. The van der Waals surface area contributed by atoms with Crippen LogP contribution in [0.3, 0.4) is 0 Å². The molecule has 102 valence electrons. The van der Waals surface area contributed by atoms with Gasteiger partial charge >= 0.3 is 0 Å². The van der Waals surface area contributed by atoms with Crippen LogP contribution in [-0.2, 0) is 19.5 Å². The first kappa shape index (κ1) is 14.9. The molecule has 1 aliphatic rings. The first-order chi connectivity index (χ1) is 8.07. The second-order valence-electron chi connectivity index (χ2n) is 4.53. The van der Waals surface area contributed by atoms with Gasteiger partial charge in [-0.2, -0.15) is 0 Å². The second kappa shape index (κ2) is 7.31. The van der Waals surface area contributed by atoms with Crippen LogP contribution in [0.1, 0.15) is 32.1 Å². The Labute approximate surface area is 104 Å². The number of ether oxygens (including phenoxy) is 2. The van der Waals surface area contributed by atoms with Crippen molar-refractivity contribution in [1.29, 1.82) is 0 Å². The van der Waals surface area contributed by atoms with E-state index in [4.69, 9.17) is 9.47 Å². The minimum Gasteiger partial charge on any atom is -0.355 e. The molecule has 1 fully saturated rings. The van der Waals surface area contributed by atoms with Gasteiger partial charge in [-0.3, -0.25) is 0 Å². The predicted molar refractivity (Wildman–Crippen MR) is 66.2 cm³/mol. The molecule has 0 heterocycles. The van der Waals surface area contributed by atoms with E-state index in [0.29, 0.717) is 5.92 Å². The van der Waals surface area contributed by atoms with Crippen molar-refractivity contribution in [3.63, 3.8) is 0 Å². The second-order valence-corrected chi connectivity index (χ2v) is 6.39. The van der Waals surface area contributed by atoms with Crippen LogP contribution in [0.5, 0.6) is 0 Å². The number of nitrogens with one attached hydrogen (secondary N) is 1. The summed E-state index contributed by atoms with van der Waals surface area (Å²) in [6.45, 7) is 0.169. The largest absolute Gasteiger partial charge is 0.355 e. The molecule has 0 radical (unpaired) electrons. The SMILES string of the molecule is COC(CNS(=O)(=O)CC1CCCCC1)OC. The molecule has 0 aliphatic heterocycles. The van der Waals surface area contributed by atoms with E-state index in [1.54, 1.807) is 0 Å². The van der Waals surface area contributed by atoms with E-state index in [1.165, 1.54) is 20.6 Å². The smallest absolute Gasteiger partial charge is 0.212 e. The molecule has 0 saturated heterocycles. The highest BCUT2D eigenvalue weighted by atomic mass is 32.2. The molecule has 1 N–H and O–H groups in total. The van der Waals surface area contributed by atoms with Crippen LogP contribution in [0.25, 0.3) is 0 Å². The van der Waals surface area contributed by atoms with E-state index < -0.39 is 16.3 Å². The maximum atomic E-state index is 11.8. The van der Waals surface area contributed by atoms with Crippen LogP contribution in [0.2, 0.25) is 0 Å². The fourth-order valence-corrected chi connectivity index (χ4v) is 3.64. The maximum Gasteiger partial charge on any atom is 0.212 e. The number of hydrogen-bond acceptors (Lipinski definition) is 4. The monoisotopic (exact) mass is 265 g/mol. The standard InChI is InChI=1S/C11H23NO4S/c1-15-11(16-2)8-12-17(13,14)9-10-6-4-3-5-7-10/h10-12H,3-9H2,1-2H3. The molecule has 0 aromatic carbocycles. The zero-order valence-corrected chi connectivity index (χ0v) is 11.5. The molecule has 1 saturated carbocycles. The Bertz CT molecular complexity index is 295. The molecule has 0 atom stereocenters. The predicted octanol–water partition coefficient (Wildman–Crippen LogP) is 1.10. The lowest BCUT2D eigenvalue weighted by Crippen LogP contribution is -2.37. The fraction of sp³-hybridized carbons (Fsp3) is 1.00. The maximum absolute atomic E-state index is 11.8. The lowest BCUT2D eigenvalue weighted by atomic mass is 9.91. The van der Waals surface area contributed by atoms with Gasteiger partial charge in [-0.1, -0.05) is 19.3 Å². The fourth-order valence-electron chi connectivity index (χ4n) is 2.18. The molecule has 0 spiro atoms. The van der Waals surface area contributed by atoms with Crippen molar-refractivity contribution in [2.24, 2.45) is 5.92 Å². The first-order valence-electron chi connectivity index (χ1n) is 6.10. The van der Waals surface area contributed by atoms with Crippen LogP contribution < -0.4 is 4.72 Å². The number of hydrogen-bond donors (Lipinski definition) is 1. The van der Waals surface area contributed by atoms with Crippen molar-refractivity contribution < 1.29 is 17.9 Å². The van der Waals surface area contributed by atoms with Crippen LogP contribution in [-0.4, -0.2) is 41.2 Å². The topological polar surface area (TPSA) is 64.6 Å². The molecule has 5 nitrogen and oxygen atoms in total. The molecule has 1 aliphatic carbocycles. The molecule has 0 aromatic rings. The number of sulfonamides is 1. The molecule has 0 amide bonds. The Morgan fingerprint density at radius 1 is 1.18 bits per heavy atom. The van der Waals surface area contributed by atoms with Crippen LogP contribution in [0.15, 0.2) is 0 Å². The van der Waals surface area contributed by atoms with Crippen molar-refractivity contribution in [3.8, 4) is 0 Å². The number of methoxy groups -OCH3 is 2. The van der Waals surface area contributed by atoms with Crippen molar-refractivity contribution in [1.82, 2.24) is 4.72 Å². The zero-order chi connectivity index (χ0) is 12.7. The normalized spacial score (nSPS) is 18.8. The molecule has 6 heteroatoms. The highest BCUT2D eigenvalue weighted by Crippen LogP contribution is 2.24. The Morgan fingerprint density at radius 2 is 1.76 bits per heavy atom. The van der Waals surface area contributed by atoms with Gasteiger partial charge in [0.2, 0.25) is 10.0 Å². The van der Waals surface area contributed by atoms with Gasteiger partial charge in [-0.25, -0.2) is 13.1 Å². The van der Waals surface area contributed by atoms with Gasteiger partial charge in [-0.05, 0) is 18.8 Å². The van der Waals surface area contributed by atoms with Gasteiger partial charge in [0.25, 0.3) is 0 Å². The van der Waals surface area contributed by atoms with Crippen LogP contribution in [0.4, 0.5) is 0 Å². The highest BCUT2D eigenvalue weighted by molar-refractivity contribution is 7.89. The van der Waals surface area contributed by atoms with Crippen LogP contribution in [0, 0.1) is 5.92 Å². The summed E-state index contributed by atoms with van der Waals surface area (Å²) in [5.41, 5.74) is 0. The molecule has 0 bridgehead atoms. The molecule has 1 rings (SSSR count). The third-order valence-electron chi connectivity index (χ3n) is 3.18. The zero-order valence-electron chi connectivity index (χ0n) is 10.6. The van der Waals surface area contributed by atoms with E-state index >= 15 is 0 Å². The third kappa shape index (κ3) is 5.81. The van der Waals surface area contributed by atoms with Gasteiger partial charge in [-0.15, -0.1) is 0 Å². The quantitative estimate of drug-likeness (QED) is 0.700. The molecule has 0 aromatic heterocycles. The summed E-state index contributed by atoms with van der Waals surface area (Å²) < 4.78 is 36.0. The lowest BCUT2D eigenvalue weighted by molar-refractivity contribution is -0.0960. The summed E-state index contributed by atoms with van der Waals surface area (Å²) in [5.74, 6) is 0.539. The molecule has 0 unspecified atom stereocenters. The first-order valence-corrected chi connectivity index (χ1v) is 7.75. The van der Waals surface area contributed by atoms with Crippen molar-refractivity contribution in [2.75, 3.05) is 26.5 Å². The van der Waals surface area contributed by atoms with Crippen molar-refractivity contribution in [3.05, 3.63) is 0 Å². The van der Waals surface area contributed by atoms with E-state index in [-0.39, 0.29) is 12.3 Å². The van der Waals surface area contributed by atoms with E-state index in [1.807, 2.05) is 0 Å². The summed E-state index contributed by atoms with van der Waals surface area (Å²) in [6, 6.07) is 0. The molecular formula is C11H23NO4S. The average molecular weight is 265 g/mol. The Balaban J connectivity index is 2.34. The van der Waals surface area contributed by atoms with Gasteiger partial charge < -0.3 is 9.47 Å². The summed E-state index contributed by atoms with van der Waals surface area (Å²) in [6.07, 6.45) is 5.07. The Morgan fingerprint density at radius 3 is 2.29 bits per heavy atom.